The van der Waals surface area contributed by atoms with Gasteiger partial charge < -0.3 is 14.6 Å². The van der Waals surface area contributed by atoms with Gasteiger partial charge in [-0.25, -0.2) is 4.98 Å². The molecule has 7 heteroatoms. The van der Waals surface area contributed by atoms with Crippen molar-refractivity contribution in [1.29, 1.82) is 0 Å². The number of halogens is 1. The van der Waals surface area contributed by atoms with E-state index in [4.69, 9.17) is 20.9 Å². The molecule has 6 nitrogen and oxygen atoms in total. The van der Waals surface area contributed by atoms with E-state index >= 15 is 0 Å². The molecule has 2 heterocycles. The number of anilines is 2. The van der Waals surface area contributed by atoms with Crippen molar-refractivity contribution in [2.24, 2.45) is 0 Å². The summed E-state index contributed by atoms with van der Waals surface area (Å²) in [6.07, 6.45) is 1.43. The monoisotopic (exact) mass is 366 g/mol. The molecular weight excluding hydrogens is 352 g/mol. The van der Waals surface area contributed by atoms with Crippen molar-refractivity contribution in [3.8, 4) is 17.0 Å². The minimum Gasteiger partial charge on any atom is -0.495 e. The summed E-state index contributed by atoms with van der Waals surface area (Å²) < 4.78 is 10.6. The minimum atomic E-state index is 0.415. The van der Waals surface area contributed by atoms with Crippen LogP contribution in [-0.4, -0.2) is 22.2 Å². The van der Waals surface area contributed by atoms with Crippen LogP contribution in [0, 0.1) is 6.92 Å². The average Bonchev–Trinajstić information content (AvgIpc) is 3.08. The lowest BCUT2D eigenvalue weighted by Crippen LogP contribution is -1.96. The molecule has 0 unspecified atom stereocenters. The molecule has 0 atom stereocenters. The molecule has 0 aliphatic heterocycles. The summed E-state index contributed by atoms with van der Waals surface area (Å²) in [5.41, 5.74) is 3.97. The molecule has 2 aromatic carbocycles. The van der Waals surface area contributed by atoms with E-state index in [1.165, 1.54) is 11.9 Å². The van der Waals surface area contributed by atoms with Crippen molar-refractivity contribution in [2.75, 3.05) is 12.4 Å². The number of rotatable bonds is 4. The van der Waals surface area contributed by atoms with Crippen LogP contribution in [0.25, 0.3) is 22.4 Å². The Hall–Kier alpha value is -3.12. The van der Waals surface area contributed by atoms with E-state index in [0.29, 0.717) is 33.4 Å². The Morgan fingerprint density at radius 1 is 1.08 bits per heavy atom. The van der Waals surface area contributed by atoms with E-state index in [1.54, 1.807) is 19.2 Å². The number of aryl methyl sites for hydroxylation is 1. The molecule has 0 saturated carbocycles. The maximum absolute atomic E-state index is 6.21. The van der Waals surface area contributed by atoms with E-state index in [2.05, 4.69) is 20.4 Å². The summed E-state index contributed by atoms with van der Waals surface area (Å²) >= 11 is 6.21. The molecule has 26 heavy (non-hydrogen) atoms. The molecule has 0 spiro atoms. The van der Waals surface area contributed by atoms with Crippen LogP contribution in [-0.2, 0) is 0 Å². The van der Waals surface area contributed by atoms with E-state index in [9.17, 15) is 0 Å². The normalized spacial score (nSPS) is 10.9. The van der Waals surface area contributed by atoms with Crippen molar-refractivity contribution in [2.45, 2.75) is 6.92 Å². The van der Waals surface area contributed by atoms with Crippen LogP contribution in [0.2, 0.25) is 5.02 Å². The number of fused-ring (bicyclic) bond motifs is 1. The number of ether oxygens (including phenoxy) is 1. The molecule has 2 aromatic heterocycles. The molecule has 0 saturated heterocycles. The minimum absolute atomic E-state index is 0.415. The Labute approximate surface area is 154 Å². The highest BCUT2D eigenvalue weighted by Gasteiger charge is 2.17. The van der Waals surface area contributed by atoms with Crippen molar-refractivity contribution in [3.63, 3.8) is 0 Å². The Kier molecular flexibility index (Phi) is 4.18. The van der Waals surface area contributed by atoms with Gasteiger partial charge in [-0.2, -0.15) is 4.98 Å². The fourth-order valence-corrected chi connectivity index (χ4v) is 2.93. The Morgan fingerprint density at radius 3 is 2.62 bits per heavy atom. The number of benzene rings is 2. The van der Waals surface area contributed by atoms with Crippen molar-refractivity contribution < 1.29 is 9.26 Å². The van der Waals surface area contributed by atoms with Gasteiger partial charge in [0, 0.05) is 11.3 Å². The molecule has 4 aromatic rings. The van der Waals surface area contributed by atoms with Crippen LogP contribution in [0.3, 0.4) is 0 Å². The highest BCUT2D eigenvalue weighted by atomic mass is 35.5. The molecule has 0 amide bonds. The van der Waals surface area contributed by atoms with Gasteiger partial charge in [0.05, 0.1) is 12.1 Å². The fraction of sp³-hybridized carbons (Fsp3) is 0.105. The van der Waals surface area contributed by atoms with Gasteiger partial charge in [-0.3, -0.25) is 0 Å². The molecular formula is C19H15ClN4O2. The van der Waals surface area contributed by atoms with Crippen LogP contribution < -0.4 is 10.1 Å². The standard InChI is InChI=1S/C19H15ClN4O2/c1-11-3-5-12(6-4-11)17-16-18(21-10-22-19(16)26-24-17)23-13-7-8-15(25-2)14(20)9-13/h3-10H,1-2H3,(H,21,22,23). The number of nitrogens with one attached hydrogen (secondary N) is 1. The maximum Gasteiger partial charge on any atom is 0.263 e. The number of nitrogens with zero attached hydrogens (tertiary/aromatic N) is 3. The zero-order valence-corrected chi connectivity index (χ0v) is 14.9. The van der Waals surface area contributed by atoms with Gasteiger partial charge >= 0.3 is 0 Å². The third-order valence-corrected chi connectivity index (χ3v) is 4.31. The highest BCUT2D eigenvalue weighted by Crippen LogP contribution is 2.34. The second-order valence-corrected chi connectivity index (χ2v) is 6.18. The van der Waals surface area contributed by atoms with Crippen LogP contribution in [0.4, 0.5) is 11.5 Å². The first kappa shape index (κ1) is 16.4. The SMILES string of the molecule is COc1ccc(Nc2ncnc3onc(-c4ccc(C)cc4)c23)cc1Cl. The highest BCUT2D eigenvalue weighted by molar-refractivity contribution is 6.32. The quantitative estimate of drug-likeness (QED) is 0.548. The van der Waals surface area contributed by atoms with Crippen molar-refractivity contribution in [3.05, 3.63) is 59.4 Å². The maximum atomic E-state index is 6.21. The van der Waals surface area contributed by atoms with E-state index in [0.717, 1.165) is 11.3 Å². The van der Waals surface area contributed by atoms with Gasteiger partial charge in [0.15, 0.2) is 0 Å². The molecule has 0 fully saturated rings. The molecule has 0 aliphatic carbocycles. The van der Waals surface area contributed by atoms with Gasteiger partial charge in [-0.15, -0.1) is 0 Å². The van der Waals surface area contributed by atoms with E-state index in [-0.39, 0.29) is 0 Å². The molecule has 1 N–H and O–H groups in total. The summed E-state index contributed by atoms with van der Waals surface area (Å²) in [5, 5.41) is 8.65. The third kappa shape index (κ3) is 2.95. The van der Waals surface area contributed by atoms with Crippen molar-refractivity contribution in [1.82, 2.24) is 15.1 Å². The number of hydrogen-bond acceptors (Lipinski definition) is 6. The first-order valence-electron chi connectivity index (χ1n) is 7.93. The summed E-state index contributed by atoms with van der Waals surface area (Å²) in [6.45, 7) is 2.04. The number of aromatic nitrogens is 3. The lowest BCUT2D eigenvalue weighted by molar-refractivity contribution is 0.415. The predicted molar refractivity (Wildman–Crippen MR) is 101 cm³/mol. The summed E-state index contributed by atoms with van der Waals surface area (Å²) in [4.78, 5) is 8.52. The molecule has 130 valence electrons. The summed E-state index contributed by atoms with van der Waals surface area (Å²) in [6, 6.07) is 13.5. The Bertz CT molecular complexity index is 1080. The summed E-state index contributed by atoms with van der Waals surface area (Å²) in [5.74, 6) is 1.20. The van der Waals surface area contributed by atoms with Crippen LogP contribution in [0.5, 0.6) is 5.75 Å². The number of hydrogen-bond donors (Lipinski definition) is 1. The zero-order valence-electron chi connectivity index (χ0n) is 14.2. The third-order valence-electron chi connectivity index (χ3n) is 4.01. The molecule has 0 bridgehead atoms. The smallest absolute Gasteiger partial charge is 0.263 e. The first-order valence-corrected chi connectivity index (χ1v) is 8.31. The lowest BCUT2D eigenvalue weighted by atomic mass is 10.1. The molecule has 4 rings (SSSR count). The molecule has 0 radical (unpaired) electrons. The zero-order chi connectivity index (χ0) is 18.1. The Balaban J connectivity index is 1.79. The van der Waals surface area contributed by atoms with Crippen LogP contribution in [0.15, 0.2) is 53.3 Å². The lowest BCUT2D eigenvalue weighted by Gasteiger charge is -2.09. The predicted octanol–water partition coefficient (Wildman–Crippen LogP) is 5.00. The van der Waals surface area contributed by atoms with Gasteiger partial charge in [0.25, 0.3) is 5.71 Å². The van der Waals surface area contributed by atoms with Crippen LogP contribution >= 0.6 is 11.6 Å². The molecule has 0 aliphatic rings. The van der Waals surface area contributed by atoms with Crippen molar-refractivity contribution >= 4 is 34.2 Å². The second kappa shape index (κ2) is 6.65. The van der Waals surface area contributed by atoms with E-state index < -0.39 is 0 Å². The van der Waals surface area contributed by atoms with E-state index in [1.807, 2.05) is 37.3 Å². The van der Waals surface area contributed by atoms with Gasteiger partial charge in [-0.05, 0) is 25.1 Å². The average molecular weight is 367 g/mol. The Morgan fingerprint density at radius 2 is 1.88 bits per heavy atom. The summed E-state index contributed by atoms with van der Waals surface area (Å²) in [7, 11) is 1.58. The fourth-order valence-electron chi connectivity index (χ4n) is 2.67. The van der Waals surface area contributed by atoms with Crippen LogP contribution in [0.1, 0.15) is 5.56 Å². The number of methoxy groups -OCH3 is 1. The largest absolute Gasteiger partial charge is 0.495 e. The van der Waals surface area contributed by atoms with Gasteiger partial charge in [-0.1, -0.05) is 46.6 Å². The topological polar surface area (TPSA) is 73.1 Å². The van der Waals surface area contributed by atoms with Gasteiger partial charge in [0.1, 0.15) is 29.0 Å². The second-order valence-electron chi connectivity index (χ2n) is 5.77. The van der Waals surface area contributed by atoms with Gasteiger partial charge in [0.2, 0.25) is 0 Å². The first-order chi connectivity index (χ1) is 12.7.